The molecule has 0 radical (unpaired) electrons. The first-order chi connectivity index (χ1) is 10.0. The molecule has 0 spiro atoms. The van der Waals surface area contributed by atoms with E-state index in [1.54, 1.807) is 24.3 Å². The molecule has 0 aliphatic rings. The fourth-order valence-electron chi connectivity index (χ4n) is 1.49. The van der Waals surface area contributed by atoms with Gasteiger partial charge in [-0.2, -0.15) is 0 Å². The highest BCUT2D eigenvalue weighted by atomic mass is 35.5. The summed E-state index contributed by atoms with van der Waals surface area (Å²) in [5.74, 6) is -0.457. The Morgan fingerprint density at radius 1 is 1.10 bits per heavy atom. The number of carbonyl (C=O) groups excluding carboxylic acids is 1. The molecule has 0 aromatic heterocycles. The van der Waals surface area contributed by atoms with Gasteiger partial charge < -0.3 is 11.1 Å². The van der Waals surface area contributed by atoms with E-state index in [0.29, 0.717) is 16.4 Å². The molecule has 0 aliphatic heterocycles. The van der Waals surface area contributed by atoms with E-state index < -0.39 is 6.03 Å². The fourth-order valence-corrected chi connectivity index (χ4v) is 1.62. The highest BCUT2D eigenvalue weighted by Gasteiger charge is 2.03. The number of hydrogen-bond acceptors (Lipinski definition) is 2. The van der Waals surface area contributed by atoms with Crippen LogP contribution in [0.2, 0.25) is 5.02 Å². The number of amides is 2. The van der Waals surface area contributed by atoms with E-state index in [9.17, 15) is 9.18 Å². The monoisotopic (exact) mass is 306 g/mol. The number of halogens is 2. The third-order valence-corrected chi connectivity index (χ3v) is 2.67. The number of urea groups is 1. The van der Waals surface area contributed by atoms with Gasteiger partial charge in [0.15, 0.2) is 0 Å². The Morgan fingerprint density at radius 3 is 2.33 bits per heavy atom. The molecule has 2 aromatic rings. The van der Waals surface area contributed by atoms with Gasteiger partial charge in [-0.15, -0.1) is 0 Å². The zero-order chi connectivity index (χ0) is 15.2. The Hall–Kier alpha value is -2.60. The molecule has 0 saturated heterocycles. The highest BCUT2D eigenvalue weighted by molar-refractivity contribution is 6.30. The van der Waals surface area contributed by atoms with Crippen LogP contribution in [0.1, 0.15) is 0 Å². The second kappa shape index (κ2) is 6.71. The van der Waals surface area contributed by atoms with Crippen molar-refractivity contribution in [3.8, 4) is 0 Å². The Bertz CT molecular complexity index is 656. The fraction of sp³-hybridized carbons (Fsp3) is 0. The van der Waals surface area contributed by atoms with Gasteiger partial charge in [0.25, 0.3) is 0 Å². The lowest BCUT2D eigenvalue weighted by Gasteiger charge is -2.07. The quantitative estimate of drug-likeness (QED) is 0.588. The number of carbonyl (C=O) groups is 1. The summed E-state index contributed by atoms with van der Waals surface area (Å²) in [4.78, 5) is 15.7. The van der Waals surface area contributed by atoms with Gasteiger partial charge in [0.05, 0.1) is 5.69 Å². The number of rotatable bonds is 2. The molecule has 0 unspecified atom stereocenters. The minimum absolute atomic E-state index is 0.0723. The summed E-state index contributed by atoms with van der Waals surface area (Å²) in [5, 5.41) is 5.43. The zero-order valence-electron chi connectivity index (χ0n) is 10.8. The molecular formula is C14H12ClFN4O. The molecule has 0 heterocycles. The molecule has 2 aromatic carbocycles. The summed E-state index contributed by atoms with van der Waals surface area (Å²) < 4.78 is 12.7. The van der Waals surface area contributed by atoms with E-state index in [0.717, 1.165) is 0 Å². The number of hydrogen-bond donors (Lipinski definition) is 3. The number of nitrogens with one attached hydrogen (secondary N) is 2. The van der Waals surface area contributed by atoms with Crippen LogP contribution in [-0.4, -0.2) is 12.0 Å². The maximum atomic E-state index is 12.7. The van der Waals surface area contributed by atoms with Crippen molar-refractivity contribution in [1.29, 1.82) is 0 Å². The van der Waals surface area contributed by atoms with Gasteiger partial charge >= 0.3 is 6.03 Å². The third-order valence-electron chi connectivity index (χ3n) is 2.42. The SMILES string of the molecule is NC(=Nc1ccc(Cl)cc1)NC(=O)Nc1ccc(F)cc1. The van der Waals surface area contributed by atoms with Crippen molar-refractivity contribution in [2.24, 2.45) is 10.7 Å². The number of guanidine groups is 1. The topological polar surface area (TPSA) is 79.5 Å². The molecule has 0 bridgehead atoms. The largest absolute Gasteiger partial charge is 0.369 e. The summed E-state index contributed by atoms with van der Waals surface area (Å²) in [6.45, 7) is 0. The van der Waals surface area contributed by atoms with Gasteiger partial charge in [0, 0.05) is 10.7 Å². The summed E-state index contributed by atoms with van der Waals surface area (Å²) in [6.07, 6.45) is 0. The Balaban J connectivity index is 1.95. The molecule has 21 heavy (non-hydrogen) atoms. The molecular weight excluding hydrogens is 295 g/mol. The molecule has 5 nitrogen and oxygen atoms in total. The minimum atomic E-state index is -0.572. The molecule has 0 aliphatic carbocycles. The summed E-state index contributed by atoms with van der Waals surface area (Å²) in [6, 6.07) is 11.4. The molecule has 0 saturated carbocycles. The van der Waals surface area contributed by atoms with Crippen LogP contribution in [0.15, 0.2) is 53.5 Å². The molecule has 7 heteroatoms. The average molecular weight is 307 g/mol. The predicted octanol–water partition coefficient (Wildman–Crippen LogP) is 3.25. The van der Waals surface area contributed by atoms with Crippen LogP contribution in [-0.2, 0) is 0 Å². The van der Waals surface area contributed by atoms with Crippen molar-refractivity contribution in [1.82, 2.24) is 5.32 Å². The van der Waals surface area contributed by atoms with Gasteiger partial charge in [-0.25, -0.2) is 14.2 Å². The lowest BCUT2D eigenvalue weighted by atomic mass is 10.3. The first kappa shape index (κ1) is 14.8. The second-order valence-electron chi connectivity index (χ2n) is 4.06. The predicted molar refractivity (Wildman–Crippen MR) is 81.3 cm³/mol. The molecule has 0 fully saturated rings. The van der Waals surface area contributed by atoms with Crippen LogP contribution in [0.4, 0.5) is 20.6 Å². The Kier molecular flexibility index (Phi) is 4.73. The van der Waals surface area contributed by atoms with Crippen molar-refractivity contribution in [3.63, 3.8) is 0 Å². The van der Waals surface area contributed by atoms with Crippen LogP contribution in [0.3, 0.4) is 0 Å². The van der Waals surface area contributed by atoms with Crippen molar-refractivity contribution in [3.05, 3.63) is 59.4 Å². The van der Waals surface area contributed by atoms with Gasteiger partial charge in [-0.1, -0.05) is 11.6 Å². The van der Waals surface area contributed by atoms with Crippen molar-refractivity contribution < 1.29 is 9.18 Å². The zero-order valence-corrected chi connectivity index (χ0v) is 11.6. The average Bonchev–Trinajstić information content (AvgIpc) is 2.44. The lowest BCUT2D eigenvalue weighted by Crippen LogP contribution is -2.39. The van der Waals surface area contributed by atoms with Crippen molar-refractivity contribution in [2.45, 2.75) is 0 Å². The van der Waals surface area contributed by atoms with Crippen LogP contribution < -0.4 is 16.4 Å². The third kappa shape index (κ3) is 4.77. The normalized spacial score (nSPS) is 11.0. The smallest absolute Gasteiger partial charge is 0.325 e. The van der Waals surface area contributed by atoms with Gasteiger partial charge in [0.1, 0.15) is 5.82 Å². The summed E-state index contributed by atoms with van der Waals surface area (Å²) in [7, 11) is 0. The second-order valence-corrected chi connectivity index (χ2v) is 4.50. The van der Waals surface area contributed by atoms with Crippen LogP contribution in [0.25, 0.3) is 0 Å². The van der Waals surface area contributed by atoms with Crippen molar-refractivity contribution >= 4 is 35.0 Å². The number of nitrogens with two attached hydrogens (primary N) is 1. The van der Waals surface area contributed by atoms with Gasteiger partial charge in [-0.3, -0.25) is 5.32 Å². The first-order valence-corrected chi connectivity index (χ1v) is 6.34. The number of aliphatic imine (C=N–C) groups is 1. The minimum Gasteiger partial charge on any atom is -0.369 e. The van der Waals surface area contributed by atoms with Crippen LogP contribution in [0.5, 0.6) is 0 Å². The molecule has 108 valence electrons. The molecule has 2 amide bonds. The molecule has 4 N–H and O–H groups in total. The maximum absolute atomic E-state index is 12.7. The van der Waals surface area contributed by atoms with Gasteiger partial charge in [-0.05, 0) is 48.5 Å². The summed E-state index contributed by atoms with van der Waals surface area (Å²) >= 11 is 5.75. The van der Waals surface area contributed by atoms with Crippen LogP contribution in [0, 0.1) is 5.82 Å². The molecule has 2 rings (SSSR count). The number of nitrogens with zero attached hydrogens (tertiary/aromatic N) is 1. The Morgan fingerprint density at radius 2 is 1.71 bits per heavy atom. The van der Waals surface area contributed by atoms with E-state index >= 15 is 0 Å². The highest BCUT2D eigenvalue weighted by Crippen LogP contribution is 2.15. The first-order valence-electron chi connectivity index (χ1n) is 5.96. The van der Waals surface area contributed by atoms with Crippen molar-refractivity contribution in [2.75, 3.05) is 5.32 Å². The van der Waals surface area contributed by atoms with Crippen LogP contribution >= 0.6 is 11.6 Å². The molecule has 0 atom stereocenters. The van der Waals surface area contributed by atoms with E-state index in [-0.39, 0.29) is 11.8 Å². The van der Waals surface area contributed by atoms with E-state index in [4.69, 9.17) is 17.3 Å². The maximum Gasteiger partial charge on any atom is 0.325 e. The van der Waals surface area contributed by atoms with E-state index in [1.165, 1.54) is 24.3 Å². The van der Waals surface area contributed by atoms with Gasteiger partial charge in [0.2, 0.25) is 5.96 Å². The lowest BCUT2D eigenvalue weighted by molar-refractivity contribution is 0.256. The summed E-state index contributed by atoms with van der Waals surface area (Å²) in [5.41, 5.74) is 6.60. The van der Waals surface area contributed by atoms with E-state index in [1.807, 2.05) is 0 Å². The van der Waals surface area contributed by atoms with E-state index in [2.05, 4.69) is 15.6 Å². The number of anilines is 1. The Labute approximate surface area is 125 Å². The number of benzene rings is 2. The standard InChI is InChI=1S/C14H12ClFN4O/c15-9-1-5-11(6-2-9)18-13(17)20-14(21)19-12-7-3-10(16)4-8-12/h1-8H,(H4,17,18,19,20,21).